The molecule has 1 aliphatic carbocycles. The highest BCUT2D eigenvalue weighted by Crippen LogP contribution is 2.45. The van der Waals surface area contributed by atoms with Crippen LogP contribution >= 0.6 is 0 Å². The summed E-state index contributed by atoms with van der Waals surface area (Å²) in [7, 11) is 0. The molecule has 6 rings (SSSR count). The maximum Gasteiger partial charge on any atom is 0.410 e. The number of hydrogen-bond donors (Lipinski definition) is 0. The zero-order chi connectivity index (χ0) is 24.5. The second-order valence-electron chi connectivity index (χ2n) is 10.1. The summed E-state index contributed by atoms with van der Waals surface area (Å²) >= 11 is 0. The second kappa shape index (κ2) is 9.85. The van der Waals surface area contributed by atoms with Crippen LogP contribution in [0, 0.1) is 0 Å². The van der Waals surface area contributed by atoms with Crippen LogP contribution < -0.4 is 4.74 Å². The number of carbonyl (C=O) groups is 1. The summed E-state index contributed by atoms with van der Waals surface area (Å²) in [5, 5.41) is 0. The Morgan fingerprint density at radius 3 is 2.42 bits per heavy atom. The van der Waals surface area contributed by atoms with Gasteiger partial charge >= 0.3 is 6.09 Å². The van der Waals surface area contributed by atoms with Gasteiger partial charge in [-0.25, -0.2) is 4.79 Å². The Hall–Kier alpha value is -3.53. The summed E-state index contributed by atoms with van der Waals surface area (Å²) < 4.78 is 11.9. The Labute approximate surface area is 213 Å². The third-order valence-corrected chi connectivity index (χ3v) is 7.86. The van der Waals surface area contributed by atoms with Crippen LogP contribution in [0.25, 0.3) is 16.7 Å². The molecule has 0 saturated carbocycles. The van der Waals surface area contributed by atoms with Crippen LogP contribution in [-0.2, 0) is 4.74 Å². The number of carbonyl (C=O) groups excluding carboxylic acids is 1. The van der Waals surface area contributed by atoms with Gasteiger partial charge in [0.05, 0.1) is 12.6 Å². The van der Waals surface area contributed by atoms with Crippen LogP contribution in [0.3, 0.4) is 0 Å². The first kappa shape index (κ1) is 22.9. The van der Waals surface area contributed by atoms with Gasteiger partial charge in [-0.3, -0.25) is 4.90 Å². The van der Waals surface area contributed by atoms with Crippen LogP contribution in [-0.4, -0.2) is 36.3 Å². The van der Waals surface area contributed by atoms with Gasteiger partial charge in [-0.2, -0.15) is 0 Å². The van der Waals surface area contributed by atoms with Crippen molar-refractivity contribution in [1.29, 1.82) is 0 Å². The van der Waals surface area contributed by atoms with E-state index in [1.807, 2.05) is 11.0 Å². The zero-order valence-corrected chi connectivity index (χ0v) is 20.9. The minimum Gasteiger partial charge on any atom is -0.494 e. The lowest BCUT2D eigenvalue weighted by Gasteiger charge is -2.44. The Morgan fingerprint density at radius 2 is 1.69 bits per heavy atom. The van der Waals surface area contributed by atoms with E-state index < -0.39 is 0 Å². The van der Waals surface area contributed by atoms with Crippen molar-refractivity contribution in [3.8, 4) is 16.9 Å². The lowest BCUT2D eigenvalue weighted by Crippen LogP contribution is -2.51. The van der Waals surface area contributed by atoms with Gasteiger partial charge in [0.25, 0.3) is 0 Å². The quantitative estimate of drug-likeness (QED) is 0.369. The molecule has 2 bridgehead atoms. The average Bonchev–Trinajstić information content (AvgIpc) is 3.23. The van der Waals surface area contributed by atoms with Gasteiger partial charge in [0.1, 0.15) is 12.4 Å². The molecule has 0 N–H and O–H groups in total. The van der Waals surface area contributed by atoms with E-state index in [-0.39, 0.29) is 24.1 Å². The molecule has 4 nitrogen and oxygen atoms in total. The van der Waals surface area contributed by atoms with Crippen LogP contribution in [0.5, 0.6) is 5.75 Å². The molecule has 4 heteroatoms. The minimum atomic E-state index is -0.179. The van der Waals surface area contributed by atoms with E-state index in [1.165, 1.54) is 33.4 Å². The minimum absolute atomic E-state index is 0.0861. The summed E-state index contributed by atoms with van der Waals surface area (Å²) in [6.07, 6.45) is 7.11. The topological polar surface area (TPSA) is 38.8 Å². The third kappa shape index (κ3) is 4.19. The monoisotopic (exact) mass is 479 g/mol. The lowest BCUT2D eigenvalue weighted by atomic mass is 9.83. The van der Waals surface area contributed by atoms with Crippen molar-refractivity contribution in [2.45, 2.75) is 57.0 Å². The number of amides is 1. The number of benzene rings is 3. The summed E-state index contributed by atoms with van der Waals surface area (Å²) in [6, 6.07) is 25.6. The number of ether oxygens (including phenoxy) is 2. The molecule has 1 fully saturated rings. The lowest BCUT2D eigenvalue weighted by molar-refractivity contribution is 0.0539. The fraction of sp³-hybridized carbons (Fsp3) is 0.344. The van der Waals surface area contributed by atoms with Gasteiger partial charge in [-0.15, -0.1) is 0 Å². The predicted octanol–water partition coefficient (Wildman–Crippen LogP) is 7.43. The van der Waals surface area contributed by atoms with Crippen molar-refractivity contribution in [3.63, 3.8) is 0 Å². The maximum atomic E-state index is 13.5. The average molecular weight is 480 g/mol. The first-order valence-electron chi connectivity index (χ1n) is 13.3. The van der Waals surface area contributed by atoms with Crippen LogP contribution in [0.15, 0.2) is 78.9 Å². The zero-order valence-electron chi connectivity index (χ0n) is 20.9. The molecule has 0 spiro atoms. The number of nitrogens with zero attached hydrogens (tertiary/aromatic N) is 1. The largest absolute Gasteiger partial charge is 0.494 e. The first-order chi connectivity index (χ1) is 17.7. The molecule has 184 valence electrons. The molecule has 2 aliphatic heterocycles. The van der Waals surface area contributed by atoms with E-state index in [9.17, 15) is 4.79 Å². The van der Waals surface area contributed by atoms with Crippen molar-refractivity contribution in [2.75, 3.05) is 13.2 Å². The SMILES string of the molecule is CCCOc1cccc(C2=CC3CCCC(C2)N3C(=O)OCC2c3ccccc3-c3ccccc32)c1. The summed E-state index contributed by atoms with van der Waals surface area (Å²) in [4.78, 5) is 15.5. The van der Waals surface area contributed by atoms with Crippen molar-refractivity contribution < 1.29 is 14.3 Å². The molecule has 3 aromatic carbocycles. The third-order valence-electron chi connectivity index (χ3n) is 7.86. The van der Waals surface area contributed by atoms with Gasteiger partial charge in [0.2, 0.25) is 0 Å². The molecule has 2 unspecified atom stereocenters. The van der Waals surface area contributed by atoms with Crippen molar-refractivity contribution >= 4 is 11.7 Å². The summed E-state index contributed by atoms with van der Waals surface area (Å²) in [5.74, 6) is 1.00. The molecule has 2 heterocycles. The Bertz CT molecular complexity index is 1250. The Balaban J connectivity index is 1.19. The molecular weight excluding hydrogens is 446 g/mol. The van der Waals surface area contributed by atoms with Gasteiger partial charge in [0, 0.05) is 12.0 Å². The molecule has 3 aliphatic rings. The van der Waals surface area contributed by atoms with E-state index in [2.05, 4.69) is 79.7 Å². The highest BCUT2D eigenvalue weighted by Gasteiger charge is 2.39. The van der Waals surface area contributed by atoms with Crippen molar-refractivity contribution in [1.82, 2.24) is 4.90 Å². The predicted molar refractivity (Wildman–Crippen MR) is 143 cm³/mol. The van der Waals surface area contributed by atoms with Crippen LogP contribution in [0.2, 0.25) is 0 Å². The first-order valence-corrected chi connectivity index (χ1v) is 13.3. The standard InChI is InChI=1S/C32H33NO3/c1-2-17-35-26-12-7-9-22(20-26)23-18-24-10-8-11-25(19-23)33(24)32(34)36-21-31-29-15-5-3-13-27(29)28-14-4-6-16-30(28)31/h3-7,9,12-16,18,20,24-25,31H,2,8,10-11,17,19,21H2,1H3. The fourth-order valence-electron chi connectivity index (χ4n) is 6.20. The van der Waals surface area contributed by atoms with Crippen LogP contribution in [0.4, 0.5) is 4.79 Å². The van der Waals surface area contributed by atoms with Gasteiger partial charge < -0.3 is 9.47 Å². The molecule has 3 aromatic rings. The van der Waals surface area contributed by atoms with E-state index >= 15 is 0 Å². The molecule has 1 amide bonds. The van der Waals surface area contributed by atoms with E-state index in [0.717, 1.165) is 44.5 Å². The molecule has 0 aromatic heterocycles. The molecular formula is C32H33NO3. The number of piperidine rings is 1. The number of hydrogen-bond acceptors (Lipinski definition) is 3. The highest BCUT2D eigenvalue weighted by molar-refractivity contribution is 5.79. The van der Waals surface area contributed by atoms with Gasteiger partial charge in [-0.1, -0.05) is 73.7 Å². The van der Waals surface area contributed by atoms with E-state index in [4.69, 9.17) is 9.47 Å². The van der Waals surface area contributed by atoms with Crippen molar-refractivity contribution in [2.24, 2.45) is 0 Å². The van der Waals surface area contributed by atoms with Gasteiger partial charge in [-0.05, 0) is 77.6 Å². The highest BCUT2D eigenvalue weighted by atomic mass is 16.6. The smallest absolute Gasteiger partial charge is 0.410 e. The molecule has 0 radical (unpaired) electrons. The number of rotatable bonds is 6. The molecule has 1 saturated heterocycles. The van der Waals surface area contributed by atoms with Crippen molar-refractivity contribution in [3.05, 3.63) is 95.6 Å². The maximum absolute atomic E-state index is 13.5. The van der Waals surface area contributed by atoms with Gasteiger partial charge in [0.15, 0.2) is 0 Å². The second-order valence-corrected chi connectivity index (χ2v) is 10.1. The summed E-state index contributed by atoms with van der Waals surface area (Å²) in [6.45, 7) is 3.21. The Kier molecular flexibility index (Phi) is 6.27. The van der Waals surface area contributed by atoms with E-state index in [1.54, 1.807) is 0 Å². The van der Waals surface area contributed by atoms with E-state index in [0.29, 0.717) is 6.61 Å². The Morgan fingerprint density at radius 1 is 0.944 bits per heavy atom. The summed E-state index contributed by atoms with van der Waals surface area (Å²) in [5.41, 5.74) is 7.51. The normalized spacial score (nSPS) is 20.4. The molecule has 2 atom stereocenters. The number of fused-ring (bicyclic) bond motifs is 5. The fourth-order valence-corrected chi connectivity index (χ4v) is 6.20. The van der Waals surface area contributed by atoms with Crippen LogP contribution in [0.1, 0.15) is 61.6 Å². The molecule has 36 heavy (non-hydrogen) atoms.